The first-order chi connectivity index (χ1) is 13.5. The smallest absolute Gasteiger partial charge is 0.265 e. The Kier molecular flexibility index (Phi) is 5.33. The molecule has 0 bridgehead atoms. The van der Waals surface area contributed by atoms with Gasteiger partial charge in [-0.3, -0.25) is 4.79 Å². The standard InChI is InChI=1S/C22H24FN3OS/c1-3-25-9-11-26(12-10-25)16-7-8-19(15(2)13-16)24-22(27)21-14-17-18(23)5-4-6-20(17)28-21/h4-8,13-14H,3,9-12H2,1-2H3,(H,24,27). The number of piperazine rings is 1. The number of amides is 1. The predicted octanol–water partition coefficient (Wildman–Crippen LogP) is 4.74. The van der Waals surface area contributed by atoms with E-state index in [1.807, 2.05) is 19.1 Å². The first kappa shape index (κ1) is 18.9. The highest BCUT2D eigenvalue weighted by molar-refractivity contribution is 7.20. The molecule has 1 aliphatic heterocycles. The highest BCUT2D eigenvalue weighted by Gasteiger charge is 2.17. The molecule has 0 spiro atoms. The number of hydrogen-bond acceptors (Lipinski definition) is 4. The maximum atomic E-state index is 13.9. The number of aryl methyl sites for hydroxylation is 1. The van der Waals surface area contributed by atoms with Crippen molar-refractivity contribution >= 4 is 38.7 Å². The van der Waals surface area contributed by atoms with Crippen molar-refractivity contribution in [3.8, 4) is 0 Å². The second-order valence-electron chi connectivity index (χ2n) is 7.14. The number of anilines is 2. The lowest BCUT2D eigenvalue weighted by atomic mass is 10.1. The van der Waals surface area contributed by atoms with Gasteiger partial charge in [-0.1, -0.05) is 13.0 Å². The largest absolute Gasteiger partial charge is 0.369 e. The van der Waals surface area contributed by atoms with Crippen molar-refractivity contribution in [1.82, 2.24) is 4.90 Å². The Morgan fingerprint density at radius 2 is 1.93 bits per heavy atom. The third-order valence-corrected chi connectivity index (χ3v) is 6.47. The van der Waals surface area contributed by atoms with E-state index in [0.29, 0.717) is 10.3 Å². The highest BCUT2D eigenvalue weighted by Crippen LogP contribution is 2.29. The number of likely N-dealkylation sites (N-methyl/N-ethyl adjacent to an activating group) is 1. The van der Waals surface area contributed by atoms with Gasteiger partial charge in [0.1, 0.15) is 5.82 Å². The number of nitrogens with zero attached hydrogens (tertiary/aromatic N) is 2. The summed E-state index contributed by atoms with van der Waals surface area (Å²) in [4.78, 5) is 18.0. The molecule has 1 saturated heterocycles. The second kappa shape index (κ2) is 7.89. The summed E-state index contributed by atoms with van der Waals surface area (Å²) in [6.07, 6.45) is 0. The highest BCUT2D eigenvalue weighted by atomic mass is 32.1. The van der Waals surface area contributed by atoms with E-state index in [2.05, 4.69) is 34.2 Å². The first-order valence-electron chi connectivity index (χ1n) is 9.62. The lowest BCUT2D eigenvalue weighted by Gasteiger charge is -2.35. The van der Waals surface area contributed by atoms with Crippen LogP contribution in [0.15, 0.2) is 42.5 Å². The fourth-order valence-electron chi connectivity index (χ4n) is 3.63. The first-order valence-corrected chi connectivity index (χ1v) is 10.4. The minimum Gasteiger partial charge on any atom is -0.369 e. The van der Waals surface area contributed by atoms with Crippen molar-refractivity contribution in [2.24, 2.45) is 0 Å². The minimum absolute atomic E-state index is 0.201. The van der Waals surface area contributed by atoms with Crippen molar-refractivity contribution in [1.29, 1.82) is 0 Å². The van der Waals surface area contributed by atoms with Crippen LogP contribution in [0.25, 0.3) is 10.1 Å². The zero-order valence-electron chi connectivity index (χ0n) is 16.2. The topological polar surface area (TPSA) is 35.6 Å². The van der Waals surface area contributed by atoms with Crippen LogP contribution in [0.3, 0.4) is 0 Å². The second-order valence-corrected chi connectivity index (χ2v) is 8.22. The summed E-state index contributed by atoms with van der Waals surface area (Å²) < 4.78 is 14.7. The van der Waals surface area contributed by atoms with Crippen molar-refractivity contribution in [3.05, 3.63) is 58.7 Å². The van der Waals surface area contributed by atoms with E-state index in [1.54, 1.807) is 12.1 Å². The fraction of sp³-hybridized carbons (Fsp3) is 0.318. The molecular formula is C22H24FN3OS. The molecular weight excluding hydrogens is 373 g/mol. The lowest BCUT2D eigenvalue weighted by Crippen LogP contribution is -2.46. The van der Waals surface area contributed by atoms with E-state index in [0.717, 1.165) is 48.7 Å². The van der Waals surface area contributed by atoms with E-state index in [1.165, 1.54) is 23.1 Å². The number of benzene rings is 2. The number of fused-ring (bicyclic) bond motifs is 1. The lowest BCUT2D eigenvalue weighted by molar-refractivity contribution is 0.103. The van der Waals surface area contributed by atoms with Crippen molar-refractivity contribution in [3.63, 3.8) is 0 Å². The molecule has 0 radical (unpaired) electrons. The number of nitrogens with one attached hydrogen (secondary N) is 1. The summed E-state index contributed by atoms with van der Waals surface area (Å²) in [6.45, 7) is 9.50. The van der Waals surface area contributed by atoms with Gasteiger partial charge in [0.2, 0.25) is 0 Å². The quantitative estimate of drug-likeness (QED) is 0.691. The van der Waals surface area contributed by atoms with Crippen LogP contribution in [0, 0.1) is 12.7 Å². The molecule has 2 aromatic carbocycles. The van der Waals surface area contributed by atoms with Crippen LogP contribution in [-0.2, 0) is 0 Å². The van der Waals surface area contributed by atoms with Gasteiger partial charge in [0, 0.05) is 47.6 Å². The zero-order chi connectivity index (χ0) is 19.7. The molecule has 1 aromatic heterocycles. The zero-order valence-corrected chi connectivity index (χ0v) is 17.0. The van der Waals surface area contributed by atoms with Gasteiger partial charge in [-0.2, -0.15) is 0 Å². The normalized spacial score (nSPS) is 15.2. The van der Waals surface area contributed by atoms with Crippen molar-refractivity contribution < 1.29 is 9.18 Å². The number of thiophene rings is 1. The number of carbonyl (C=O) groups is 1. The van der Waals surface area contributed by atoms with Gasteiger partial charge in [-0.15, -0.1) is 11.3 Å². The molecule has 4 nitrogen and oxygen atoms in total. The number of carbonyl (C=O) groups excluding carboxylic acids is 1. The van der Waals surface area contributed by atoms with Crippen molar-refractivity contribution in [2.75, 3.05) is 42.9 Å². The van der Waals surface area contributed by atoms with Gasteiger partial charge in [0.25, 0.3) is 5.91 Å². The monoisotopic (exact) mass is 397 g/mol. The van der Waals surface area contributed by atoms with Gasteiger partial charge in [0.15, 0.2) is 0 Å². The maximum Gasteiger partial charge on any atom is 0.265 e. The molecule has 4 rings (SSSR count). The third-order valence-electron chi connectivity index (χ3n) is 5.37. The number of halogens is 1. The molecule has 1 fully saturated rings. The Hall–Kier alpha value is -2.44. The molecule has 0 unspecified atom stereocenters. The van der Waals surface area contributed by atoms with Crippen molar-refractivity contribution in [2.45, 2.75) is 13.8 Å². The van der Waals surface area contributed by atoms with E-state index >= 15 is 0 Å². The molecule has 2 heterocycles. The van der Waals surface area contributed by atoms with Crippen LogP contribution in [0.1, 0.15) is 22.2 Å². The minimum atomic E-state index is -0.295. The molecule has 0 atom stereocenters. The average molecular weight is 398 g/mol. The van der Waals surface area contributed by atoms with Crippen LogP contribution in [0.2, 0.25) is 0 Å². The molecule has 146 valence electrons. The number of hydrogen-bond donors (Lipinski definition) is 1. The molecule has 0 saturated carbocycles. The summed E-state index contributed by atoms with van der Waals surface area (Å²) in [7, 11) is 0. The molecule has 6 heteroatoms. The maximum absolute atomic E-state index is 13.9. The third kappa shape index (κ3) is 3.75. The molecule has 1 N–H and O–H groups in total. The van der Waals surface area contributed by atoms with E-state index < -0.39 is 0 Å². The Labute approximate surface area is 168 Å². The molecule has 3 aromatic rings. The molecule has 28 heavy (non-hydrogen) atoms. The number of rotatable bonds is 4. The summed E-state index contributed by atoms with van der Waals surface area (Å²) in [5, 5.41) is 3.47. The summed E-state index contributed by atoms with van der Waals surface area (Å²) in [5.74, 6) is -0.496. The van der Waals surface area contributed by atoms with Gasteiger partial charge in [-0.25, -0.2) is 4.39 Å². The van der Waals surface area contributed by atoms with E-state index in [-0.39, 0.29) is 11.7 Å². The summed E-state index contributed by atoms with van der Waals surface area (Å²) >= 11 is 1.31. The Bertz CT molecular complexity index is 1010. The summed E-state index contributed by atoms with van der Waals surface area (Å²) in [6, 6.07) is 12.7. The van der Waals surface area contributed by atoms with E-state index in [4.69, 9.17) is 0 Å². The van der Waals surface area contributed by atoms with Gasteiger partial charge >= 0.3 is 0 Å². The predicted molar refractivity (Wildman–Crippen MR) is 115 cm³/mol. The fourth-order valence-corrected chi connectivity index (χ4v) is 4.60. The van der Waals surface area contributed by atoms with Crippen LogP contribution < -0.4 is 10.2 Å². The van der Waals surface area contributed by atoms with E-state index in [9.17, 15) is 9.18 Å². The van der Waals surface area contributed by atoms with Crippen LogP contribution in [0.4, 0.5) is 15.8 Å². The SMILES string of the molecule is CCN1CCN(c2ccc(NC(=O)c3cc4c(F)cccc4s3)c(C)c2)CC1. The molecule has 1 aliphatic rings. The van der Waals surface area contributed by atoms with Gasteiger partial charge in [0.05, 0.1) is 4.88 Å². The summed E-state index contributed by atoms with van der Waals surface area (Å²) in [5.41, 5.74) is 3.00. The molecule has 1 amide bonds. The van der Waals surface area contributed by atoms with Gasteiger partial charge in [-0.05, 0) is 55.4 Å². The molecule has 0 aliphatic carbocycles. The average Bonchev–Trinajstić information content (AvgIpc) is 3.15. The van der Waals surface area contributed by atoms with Gasteiger partial charge < -0.3 is 15.1 Å². The van der Waals surface area contributed by atoms with Crippen LogP contribution in [0.5, 0.6) is 0 Å². The Balaban J connectivity index is 1.48. The van der Waals surface area contributed by atoms with Crippen LogP contribution in [-0.4, -0.2) is 43.5 Å². The van der Waals surface area contributed by atoms with Crippen LogP contribution >= 0.6 is 11.3 Å². The Morgan fingerprint density at radius 1 is 1.14 bits per heavy atom. The Morgan fingerprint density at radius 3 is 2.61 bits per heavy atom.